The van der Waals surface area contributed by atoms with Crippen LogP contribution in [0.15, 0.2) is 66.9 Å². The molecule has 6 rings (SSSR count). The predicted molar refractivity (Wildman–Crippen MR) is 228 cm³/mol. The van der Waals surface area contributed by atoms with Gasteiger partial charge in [-0.2, -0.15) is 5.10 Å². The van der Waals surface area contributed by atoms with Crippen LogP contribution in [0, 0.1) is 27.7 Å². The van der Waals surface area contributed by atoms with E-state index in [9.17, 15) is 0 Å². The summed E-state index contributed by atoms with van der Waals surface area (Å²) in [7, 11) is 4.06. The van der Waals surface area contributed by atoms with E-state index in [-0.39, 0.29) is 0 Å². The molecular weight excluding hydrogens is 711 g/mol. The van der Waals surface area contributed by atoms with Gasteiger partial charge in [-0.3, -0.25) is 9.25 Å². The van der Waals surface area contributed by atoms with Crippen molar-refractivity contribution in [2.45, 2.75) is 120 Å². The van der Waals surface area contributed by atoms with E-state index in [4.69, 9.17) is 23.2 Å². The van der Waals surface area contributed by atoms with E-state index >= 15 is 0 Å². The molecule has 54 heavy (non-hydrogen) atoms. The Kier molecular flexibility index (Phi) is 16.4. The summed E-state index contributed by atoms with van der Waals surface area (Å²) in [4.78, 5) is 13.6. The number of imidazole rings is 3. The second-order valence-electron chi connectivity index (χ2n) is 14.9. The number of para-hydroxylation sites is 1. The zero-order chi connectivity index (χ0) is 40.4. The van der Waals surface area contributed by atoms with Crippen LogP contribution < -0.4 is 0 Å². The highest BCUT2D eigenvalue weighted by Gasteiger charge is 2.16. The fourth-order valence-electron chi connectivity index (χ4n) is 5.84. The molecule has 0 N–H and O–H groups in total. The fraction of sp³-hybridized carbons (Fsp3) is 0.455. The Morgan fingerprint density at radius 1 is 0.611 bits per heavy atom. The van der Waals surface area contributed by atoms with Crippen LogP contribution in [-0.2, 0) is 20.5 Å². The van der Waals surface area contributed by atoms with E-state index in [0.717, 1.165) is 56.8 Å². The molecule has 292 valence electrons. The summed E-state index contributed by atoms with van der Waals surface area (Å²) >= 11 is 12.2. The number of nitrogens with zero attached hydrogens (tertiary/aromatic N) is 8. The van der Waals surface area contributed by atoms with E-state index in [1.807, 2.05) is 84.7 Å². The van der Waals surface area contributed by atoms with Crippen LogP contribution in [0.2, 0.25) is 10.2 Å². The molecule has 8 nitrogen and oxygen atoms in total. The minimum absolute atomic E-state index is 0.344. The molecule has 0 atom stereocenters. The molecule has 0 aliphatic rings. The van der Waals surface area contributed by atoms with Crippen LogP contribution in [0.5, 0.6) is 0 Å². The first-order valence-corrected chi connectivity index (χ1v) is 19.8. The first-order chi connectivity index (χ1) is 25.4. The van der Waals surface area contributed by atoms with Crippen molar-refractivity contribution in [3.05, 3.63) is 129 Å². The number of benzene rings is 2. The summed E-state index contributed by atoms with van der Waals surface area (Å²) in [5.41, 5.74) is 9.28. The normalized spacial score (nSPS) is 11.1. The third-order valence-electron chi connectivity index (χ3n) is 9.25. The average molecular weight is 774 g/mol. The molecule has 0 saturated heterocycles. The van der Waals surface area contributed by atoms with Crippen LogP contribution in [-0.4, -0.2) is 38.4 Å². The van der Waals surface area contributed by atoms with Crippen molar-refractivity contribution in [3.8, 4) is 11.4 Å². The minimum Gasteiger partial charge on any atom is -0.335 e. The third-order valence-corrected chi connectivity index (χ3v) is 9.86. The maximum Gasteiger partial charge on any atom is 0.136 e. The van der Waals surface area contributed by atoms with E-state index in [1.54, 1.807) is 0 Å². The van der Waals surface area contributed by atoms with Gasteiger partial charge in [0.15, 0.2) is 0 Å². The van der Waals surface area contributed by atoms with Crippen LogP contribution in [0.4, 0.5) is 0 Å². The number of aryl methyl sites for hydroxylation is 5. The van der Waals surface area contributed by atoms with Crippen LogP contribution >= 0.6 is 23.2 Å². The highest BCUT2D eigenvalue weighted by Crippen LogP contribution is 2.28. The van der Waals surface area contributed by atoms with Gasteiger partial charge in [-0.1, -0.05) is 104 Å². The summed E-state index contributed by atoms with van der Waals surface area (Å²) < 4.78 is 8.17. The molecule has 4 aromatic heterocycles. The van der Waals surface area contributed by atoms with Crippen LogP contribution in [0.3, 0.4) is 0 Å². The van der Waals surface area contributed by atoms with Crippen molar-refractivity contribution in [2.24, 2.45) is 14.1 Å². The summed E-state index contributed by atoms with van der Waals surface area (Å²) in [6.07, 6.45) is 3.16. The first-order valence-electron chi connectivity index (χ1n) is 19.0. The molecule has 0 spiro atoms. The Bertz CT molecular complexity index is 2020. The van der Waals surface area contributed by atoms with Gasteiger partial charge in [0.1, 0.15) is 22.6 Å². The Hall–Kier alpha value is -4.14. The molecule has 10 heteroatoms. The Morgan fingerprint density at radius 2 is 1.17 bits per heavy atom. The highest BCUT2D eigenvalue weighted by molar-refractivity contribution is 6.30. The lowest BCUT2D eigenvalue weighted by atomic mass is 10.1. The molecular formula is C44H62Cl2N8. The van der Waals surface area contributed by atoms with Crippen molar-refractivity contribution >= 4 is 23.2 Å². The highest BCUT2D eigenvalue weighted by atomic mass is 35.5. The second kappa shape index (κ2) is 20.0. The summed E-state index contributed by atoms with van der Waals surface area (Å²) in [6, 6.07) is 20.0. The monoisotopic (exact) mass is 772 g/mol. The lowest BCUT2D eigenvalue weighted by Crippen LogP contribution is -1.99. The van der Waals surface area contributed by atoms with Crippen LogP contribution in [0.1, 0.15) is 138 Å². The molecule has 0 bridgehead atoms. The van der Waals surface area contributed by atoms with Gasteiger partial charge in [0, 0.05) is 48.1 Å². The quantitative estimate of drug-likeness (QED) is 0.162. The molecule has 0 fully saturated rings. The van der Waals surface area contributed by atoms with E-state index in [2.05, 4.69) is 125 Å². The van der Waals surface area contributed by atoms with E-state index in [0.29, 0.717) is 23.7 Å². The zero-order valence-corrected chi connectivity index (χ0v) is 36.7. The number of hydrogen-bond donors (Lipinski definition) is 0. The third kappa shape index (κ3) is 11.4. The second-order valence-corrected chi connectivity index (χ2v) is 15.7. The number of hydrogen-bond acceptors (Lipinski definition) is 4. The van der Waals surface area contributed by atoms with Crippen molar-refractivity contribution in [3.63, 3.8) is 0 Å². The minimum atomic E-state index is 0.344. The van der Waals surface area contributed by atoms with Crippen molar-refractivity contribution in [1.82, 2.24) is 38.4 Å². The topological polar surface area (TPSA) is 71.3 Å². The molecule has 6 aromatic rings. The molecule has 0 aliphatic carbocycles. The molecule has 0 unspecified atom stereocenters. The van der Waals surface area contributed by atoms with Gasteiger partial charge in [-0.25, -0.2) is 15.0 Å². The maximum absolute atomic E-state index is 6.36. The summed E-state index contributed by atoms with van der Waals surface area (Å²) in [5.74, 6) is 4.93. The number of aromatic nitrogens is 8. The van der Waals surface area contributed by atoms with Crippen molar-refractivity contribution < 1.29 is 0 Å². The van der Waals surface area contributed by atoms with Gasteiger partial charge in [-0.05, 0) is 100 Å². The lowest BCUT2D eigenvalue weighted by Gasteiger charge is -2.06. The van der Waals surface area contributed by atoms with Crippen LogP contribution in [0.25, 0.3) is 11.4 Å². The average Bonchev–Trinajstić information content (AvgIpc) is 3.85. The lowest BCUT2D eigenvalue weighted by molar-refractivity contribution is 0.698. The molecule has 0 radical (unpaired) electrons. The Balaban J connectivity index is 0.000000197. The number of halogens is 2. The predicted octanol–water partition coefficient (Wildman–Crippen LogP) is 12.2. The molecule has 2 aromatic carbocycles. The van der Waals surface area contributed by atoms with Crippen molar-refractivity contribution in [1.29, 1.82) is 0 Å². The Morgan fingerprint density at radius 3 is 1.57 bits per heavy atom. The van der Waals surface area contributed by atoms with Gasteiger partial charge >= 0.3 is 0 Å². The van der Waals surface area contributed by atoms with Crippen molar-refractivity contribution in [2.75, 3.05) is 0 Å². The van der Waals surface area contributed by atoms with Gasteiger partial charge in [-0.15, -0.1) is 0 Å². The largest absolute Gasteiger partial charge is 0.335 e. The fourth-order valence-corrected chi connectivity index (χ4v) is 6.45. The van der Waals surface area contributed by atoms with Gasteiger partial charge < -0.3 is 9.13 Å². The summed E-state index contributed by atoms with van der Waals surface area (Å²) in [5, 5.41) is 5.80. The zero-order valence-electron chi connectivity index (χ0n) is 35.2. The maximum atomic E-state index is 6.36. The standard InChI is InChI=1S/2C13H15ClN2.C10H18N2.C8H14N2/c1-9(2)13-8-16(10(3)15-13)12-6-4-11(14)5-7-12;1-9(2)12-13(14)16(10(3)15-12)11-7-5-4-6-8-11;1-6-9-10(7(2)3)11-8(4)12(9)5;1-6(2)8-5-7(3)10(4)9-8/h2*4-9H,1-3H3;7H,6H2,1-5H3;5-6H,1-4H3. The SMILES string of the molecule is CCc1c(C(C)C)nc(C)n1C.Cc1cc(C(C)C)nn1C.Cc1nc(C(C)C)c(Cl)n1-c1ccccc1.Cc1nc(C(C)C)cn1-c1ccc(Cl)cc1. The smallest absolute Gasteiger partial charge is 0.136 e. The first kappa shape index (κ1) is 44.3. The van der Waals surface area contributed by atoms with E-state index < -0.39 is 0 Å². The molecule has 0 amide bonds. The van der Waals surface area contributed by atoms with E-state index in [1.165, 1.54) is 22.8 Å². The number of rotatable bonds is 7. The van der Waals surface area contributed by atoms with Gasteiger partial charge in [0.25, 0.3) is 0 Å². The Labute approximate surface area is 334 Å². The van der Waals surface area contributed by atoms with Gasteiger partial charge in [0.05, 0.1) is 22.8 Å². The van der Waals surface area contributed by atoms with Gasteiger partial charge in [0.2, 0.25) is 0 Å². The molecule has 4 heterocycles. The summed E-state index contributed by atoms with van der Waals surface area (Å²) in [6.45, 7) is 27.5. The molecule has 0 aliphatic heterocycles. The molecule has 0 saturated carbocycles.